The number of amides is 4. The van der Waals surface area contributed by atoms with Crippen molar-refractivity contribution >= 4 is 17.8 Å². The van der Waals surface area contributed by atoms with Crippen molar-refractivity contribution in [3.63, 3.8) is 0 Å². The fraction of sp³-hybridized carbons (Fsp3) is 0.200. The van der Waals surface area contributed by atoms with Crippen LogP contribution >= 0.6 is 0 Å². The second-order valence-electron chi connectivity index (χ2n) is 5.01. The highest BCUT2D eigenvalue weighted by Crippen LogP contribution is 2.17. The number of nitrogens with one attached hydrogen (secondary N) is 3. The zero-order valence-corrected chi connectivity index (χ0v) is 12.0. The Kier molecular flexibility index (Phi) is 4.05. The molecule has 0 unspecified atom stereocenters. The van der Waals surface area contributed by atoms with Crippen molar-refractivity contribution in [1.29, 1.82) is 0 Å². The molecule has 0 bridgehead atoms. The van der Waals surface area contributed by atoms with Crippen LogP contribution in [0.15, 0.2) is 41.0 Å². The molecule has 3 rings (SSSR count). The third-order valence-corrected chi connectivity index (χ3v) is 3.29. The normalized spacial score (nSPS) is 16.8. The third kappa shape index (κ3) is 3.54. The fourth-order valence-corrected chi connectivity index (χ4v) is 2.15. The molecule has 1 aliphatic heterocycles. The second-order valence-corrected chi connectivity index (χ2v) is 5.01. The molecule has 2 heterocycles. The number of hydrogen-bond acceptors (Lipinski definition) is 5. The van der Waals surface area contributed by atoms with E-state index < -0.39 is 18.0 Å². The molecule has 4 amide bonds. The average molecular weight is 314 g/mol. The van der Waals surface area contributed by atoms with Gasteiger partial charge in [-0.2, -0.15) is 0 Å². The first-order valence-electron chi connectivity index (χ1n) is 7.00. The minimum atomic E-state index is -0.834. The van der Waals surface area contributed by atoms with Crippen LogP contribution in [0, 0.1) is 0 Å². The summed E-state index contributed by atoms with van der Waals surface area (Å²) < 4.78 is 5.36. The molecule has 1 saturated heterocycles. The average Bonchev–Trinajstić information content (AvgIpc) is 3.13. The Balaban J connectivity index is 1.53. The van der Waals surface area contributed by atoms with E-state index in [0.29, 0.717) is 11.6 Å². The van der Waals surface area contributed by atoms with Crippen molar-refractivity contribution in [2.45, 2.75) is 19.0 Å². The van der Waals surface area contributed by atoms with E-state index in [1.165, 1.54) is 6.26 Å². The molecule has 1 aromatic heterocycles. The zero-order chi connectivity index (χ0) is 16.2. The third-order valence-electron chi connectivity index (χ3n) is 3.29. The molecular weight excluding hydrogens is 300 g/mol. The van der Waals surface area contributed by atoms with E-state index in [2.05, 4.69) is 20.9 Å². The Morgan fingerprint density at radius 1 is 1.26 bits per heavy atom. The van der Waals surface area contributed by atoms with E-state index >= 15 is 0 Å². The lowest BCUT2D eigenvalue weighted by atomic mass is 10.2. The maximum Gasteiger partial charge on any atom is 0.322 e. The fourth-order valence-electron chi connectivity index (χ4n) is 2.15. The van der Waals surface area contributed by atoms with Crippen LogP contribution in [0.2, 0.25) is 0 Å². The second kappa shape index (κ2) is 6.30. The molecule has 2 aromatic rings. The smallest absolute Gasteiger partial charge is 0.322 e. The van der Waals surface area contributed by atoms with Crippen LogP contribution in [0.25, 0.3) is 11.5 Å². The highest BCUT2D eigenvalue weighted by Gasteiger charge is 2.31. The number of benzene rings is 1. The number of rotatable bonds is 5. The number of carbonyl (C=O) groups is 3. The Hall–Kier alpha value is -3.16. The summed E-state index contributed by atoms with van der Waals surface area (Å²) in [6, 6.07) is 7.97. The molecular formula is C15H14N4O4. The van der Waals surface area contributed by atoms with Gasteiger partial charge in [-0.05, 0) is 12.1 Å². The van der Waals surface area contributed by atoms with Crippen molar-refractivity contribution in [3.8, 4) is 11.5 Å². The summed E-state index contributed by atoms with van der Waals surface area (Å²) in [7, 11) is 0. The van der Waals surface area contributed by atoms with Crippen LogP contribution < -0.4 is 16.0 Å². The molecule has 0 aliphatic carbocycles. The van der Waals surface area contributed by atoms with Crippen molar-refractivity contribution in [2.75, 3.05) is 0 Å². The largest absolute Gasteiger partial charge is 0.444 e. The molecule has 1 aromatic carbocycles. The number of urea groups is 1. The number of aromatic nitrogens is 1. The van der Waals surface area contributed by atoms with Gasteiger partial charge in [0.1, 0.15) is 12.3 Å². The van der Waals surface area contributed by atoms with Crippen LogP contribution in [0.5, 0.6) is 0 Å². The van der Waals surface area contributed by atoms with E-state index in [0.717, 1.165) is 5.56 Å². The van der Waals surface area contributed by atoms with Crippen molar-refractivity contribution in [1.82, 2.24) is 20.9 Å². The van der Waals surface area contributed by atoms with Crippen molar-refractivity contribution in [2.24, 2.45) is 0 Å². The molecule has 0 saturated carbocycles. The van der Waals surface area contributed by atoms with E-state index in [4.69, 9.17) is 4.42 Å². The predicted molar refractivity (Wildman–Crippen MR) is 78.9 cm³/mol. The highest BCUT2D eigenvalue weighted by atomic mass is 16.3. The maximum absolute atomic E-state index is 11.8. The first-order valence-corrected chi connectivity index (χ1v) is 7.00. The monoisotopic (exact) mass is 314 g/mol. The first kappa shape index (κ1) is 14.8. The molecule has 0 radical (unpaired) electrons. The van der Waals surface area contributed by atoms with Gasteiger partial charge in [-0.1, -0.05) is 18.2 Å². The predicted octanol–water partition coefficient (Wildman–Crippen LogP) is 0.556. The molecule has 8 nitrogen and oxygen atoms in total. The number of oxazole rings is 1. The minimum absolute atomic E-state index is 0.124. The Bertz CT molecular complexity index is 741. The molecule has 0 spiro atoms. The van der Waals surface area contributed by atoms with Gasteiger partial charge in [0.2, 0.25) is 11.8 Å². The lowest BCUT2D eigenvalue weighted by molar-refractivity contribution is -0.126. The minimum Gasteiger partial charge on any atom is -0.444 e. The van der Waals surface area contributed by atoms with Gasteiger partial charge in [0.15, 0.2) is 0 Å². The summed E-state index contributed by atoms with van der Waals surface area (Å²) >= 11 is 0. The van der Waals surface area contributed by atoms with E-state index in [1.807, 2.05) is 30.3 Å². The molecule has 1 atom stereocenters. The lowest BCUT2D eigenvalue weighted by Gasteiger charge is -2.06. The van der Waals surface area contributed by atoms with E-state index in [-0.39, 0.29) is 18.9 Å². The van der Waals surface area contributed by atoms with Gasteiger partial charge in [-0.25, -0.2) is 9.78 Å². The van der Waals surface area contributed by atoms with Gasteiger partial charge in [0.05, 0.1) is 18.7 Å². The molecule has 118 valence electrons. The van der Waals surface area contributed by atoms with Gasteiger partial charge in [0.25, 0.3) is 5.91 Å². The van der Waals surface area contributed by atoms with Gasteiger partial charge < -0.3 is 15.1 Å². The highest BCUT2D eigenvalue weighted by molar-refractivity contribution is 6.05. The van der Waals surface area contributed by atoms with Gasteiger partial charge in [0, 0.05) is 5.56 Å². The Labute approximate surface area is 131 Å². The molecule has 23 heavy (non-hydrogen) atoms. The van der Waals surface area contributed by atoms with Crippen LogP contribution in [0.4, 0.5) is 4.79 Å². The SMILES string of the molecule is O=C(C[C@@H]1NC(=O)NC1=O)NCc1coc(-c2ccccc2)n1. The first-order chi connectivity index (χ1) is 11.1. The number of nitrogens with zero attached hydrogens (tertiary/aromatic N) is 1. The lowest BCUT2D eigenvalue weighted by Crippen LogP contribution is -2.36. The summed E-state index contributed by atoms with van der Waals surface area (Å²) in [5.41, 5.74) is 1.41. The van der Waals surface area contributed by atoms with Crippen LogP contribution in [-0.2, 0) is 16.1 Å². The van der Waals surface area contributed by atoms with Crippen molar-refractivity contribution < 1.29 is 18.8 Å². The summed E-state index contributed by atoms with van der Waals surface area (Å²) in [5, 5.41) is 7.07. The number of carbonyl (C=O) groups excluding carboxylic acids is 3. The molecule has 8 heteroatoms. The number of imide groups is 1. The van der Waals surface area contributed by atoms with Gasteiger partial charge in [-0.15, -0.1) is 0 Å². The maximum atomic E-state index is 11.8. The van der Waals surface area contributed by atoms with E-state index in [9.17, 15) is 14.4 Å². The van der Waals surface area contributed by atoms with Gasteiger partial charge >= 0.3 is 6.03 Å². The zero-order valence-electron chi connectivity index (χ0n) is 12.0. The topological polar surface area (TPSA) is 113 Å². The molecule has 3 N–H and O–H groups in total. The van der Waals surface area contributed by atoms with Crippen LogP contribution in [0.1, 0.15) is 12.1 Å². The summed E-state index contributed by atoms with van der Waals surface area (Å²) in [5.74, 6) is -0.396. The Morgan fingerprint density at radius 2 is 2.04 bits per heavy atom. The van der Waals surface area contributed by atoms with Gasteiger partial charge in [-0.3, -0.25) is 14.9 Å². The van der Waals surface area contributed by atoms with Crippen LogP contribution in [-0.4, -0.2) is 28.9 Å². The summed E-state index contributed by atoms with van der Waals surface area (Å²) in [6.45, 7) is 0.178. The van der Waals surface area contributed by atoms with Crippen molar-refractivity contribution in [3.05, 3.63) is 42.3 Å². The standard InChI is InChI=1S/C15H14N4O4/c20-12(6-11-13(21)19-15(22)18-11)16-7-10-8-23-14(17-10)9-4-2-1-3-5-9/h1-5,8,11H,6-7H2,(H,16,20)(H2,18,19,21,22)/t11-/m0/s1. The molecule has 1 fully saturated rings. The summed E-state index contributed by atoms with van der Waals surface area (Å²) in [4.78, 5) is 38.4. The molecule has 1 aliphatic rings. The Morgan fingerprint density at radius 3 is 2.74 bits per heavy atom. The summed E-state index contributed by atoms with van der Waals surface area (Å²) in [6.07, 6.45) is 1.34. The van der Waals surface area contributed by atoms with E-state index in [1.54, 1.807) is 0 Å². The number of hydrogen-bond donors (Lipinski definition) is 3. The van der Waals surface area contributed by atoms with Crippen LogP contribution in [0.3, 0.4) is 0 Å². The quantitative estimate of drug-likeness (QED) is 0.698.